The topological polar surface area (TPSA) is 61.4 Å². The number of benzene rings is 2. The molecule has 8 heteroatoms. The fraction of sp³-hybridized carbons (Fsp3) is 0.300. The average Bonchev–Trinajstić information content (AvgIpc) is 2.69. The van der Waals surface area contributed by atoms with E-state index in [-0.39, 0.29) is 18.2 Å². The standard InChI is InChI=1S/C20H20ClN3O2S2/c21-14-11-13(5-6-16(14)24-7-9-27-10-8-24)22-19(25)12-18-20(26)23-15-3-1-2-4-17(15)28-18/h1-6,11,18H,7-10,12H2,(H,22,25)(H,23,26). The second kappa shape index (κ2) is 8.68. The van der Waals surface area contributed by atoms with E-state index in [2.05, 4.69) is 15.5 Å². The number of nitrogens with zero attached hydrogens (tertiary/aromatic N) is 1. The highest BCUT2D eigenvalue weighted by molar-refractivity contribution is 8.01. The van der Waals surface area contributed by atoms with E-state index in [4.69, 9.17) is 11.6 Å². The zero-order valence-corrected chi connectivity index (χ0v) is 17.5. The van der Waals surface area contributed by atoms with E-state index in [0.717, 1.165) is 40.9 Å². The SMILES string of the molecule is O=C(CC1Sc2ccccc2NC1=O)Nc1ccc(N2CCSCC2)c(Cl)c1. The lowest BCUT2D eigenvalue weighted by molar-refractivity contribution is -0.120. The smallest absolute Gasteiger partial charge is 0.238 e. The van der Waals surface area contributed by atoms with Crippen LogP contribution in [0.25, 0.3) is 0 Å². The molecule has 5 nitrogen and oxygen atoms in total. The van der Waals surface area contributed by atoms with Gasteiger partial charge in [-0.05, 0) is 30.3 Å². The first-order valence-corrected chi connectivity index (χ1v) is 11.5. The number of hydrogen-bond donors (Lipinski definition) is 2. The van der Waals surface area contributed by atoms with Gasteiger partial charge in [-0.25, -0.2) is 0 Å². The van der Waals surface area contributed by atoms with Gasteiger partial charge in [-0.1, -0.05) is 23.7 Å². The van der Waals surface area contributed by atoms with Crippen molar-refractivity contribution < 1.29 is 9.59 Å². The second-order valence-electron chi connectivity index (χ2n) is 6.61. The Labute approximate surface area is 177 Å². The Bertz CT molecular complexity index is 903. The number of fused-ring (bicyclic) bond motifs is 1. The van der Waals surface area contributed by atoms with Crippen molar-refractivity contribution in [2.45, 2.75) is 16.6 Å². The highest BCUT2D eigenvalue weighted by Gasteiger charge is 2.28. The van der Waals surface area contributed by atoms with Crippen molar-refractivity contribution in [1.29, 1.82) is 0 Å². The van der Waals surface area contributed by atoms with Crippen LogP contribution in [0.5, 0.6) is 0 Å². The van der Waals surface area contributed by atoms with Crippen molar-refractivity contribution >= 4 is 64.0 Å². The Hall–Kier alpha value is -1.83. The van der Waals surface area contributed by atoms with Crippen LogP contribution < -0.4 is 15.5 Å². The predicted molar refractivity (Wildman–Crippen MR) is 119 cm³/mol. The summed E-state index contributed by atoms with van der Waals surface area (Å²) in [6.07, 6.45) is 0.105. The lowest BCUT2D eigenvalue weighted by Gasteiger charge is -2.29. The van der Waals surface area contributed by atoms with Crippen molar-refractivity contribution in [3.05, 3.63) is 47.5 Å². The Morgan fingerprint density at radius 2 is 2.00 bits per heavy atom. The fourth-order valence-electron chi connectivity index (χ4n) is 3.25. The quantitative estimate of drug-likeness (QED) is 0.751. The molecule has 1 saturated heterocycles. The van der Waals surface area contributed by atoms with Crippen molar-refractivity contribution in [2.75, 3.05) is 40.1 Å². The summed E-state index contributed by atoms with van der Waals surface area (Å²) in [5, 5.41) is 5.91. The van der Waals surface area contributed by atoms with Crippen LogP contribution in [0.4, 0.5) is 17.1 Å². The van der Waals surface area contributed by atoms with Crippen molar-refractivity contribution in [3.63, 3.8) is 0 Å². The molecule has 2 aromatic carbocycles. The summed E-state index contributed by atoms with van der Waals surface area (Å²) in [5.41, 5.74) is 2.44. The largest absolute Gasteiger partial charge is 0.369 e. The van der Waals surface area contributed by atoms with E-state index in [9.17, 15) is 9.59 Å². The van der Waals surface area contributed by atoms with Crippen molar-refractivity contribution in [3.8, 4) is 0 Å². The van der Waals surface area contributed by atoms with E-state index in [0.29, 0.717) is 10.7 Å². The van der Waals surface area contributed by atoms with Gasteiger partial charge in [0.1, 0.15) is 0 Å². The van der Waals surface area contributed by atoms with E-state index in [1.807, 2.05) is 48.2 Å². The number of amides is 2. The molecule has 1 unspecified atom stereocenters. The first-order chi connectivity index (χ1) is 13.6. The van der Waals surface area contributed by atoms with Gasteiger partial charge in [0.05, 0.1) is 21.6 Å². The van der Waals surface area contributed by atoms with E-state index in [1.165, 1.54) is 11.8 Å². The van der Waals surface area contributed by atoms with Gasteiger partial charge in [0, 0.05) is 41.6 Å². The van der Waals surface area contributed by atoms with E-state index >= 15 is 0 Å². The van der Waals surface area contributed by atoms with Gasteiger partial charge >= 0.3 is 0 Å². The maximum absolute atomic E-state index is 12.5. The van der Waals surface area contributed by atoms with Gasteiger partial charge in [0.15, 0.2) is 0 Å². The summed E-state index contributed by atoms with van der Waals surface area (Å²) in [4.78, 5) is 28.0. The van der Waals surface area contributed by atoms with Gasteiger partial charge in [0.2, 0.25) is 11.8 Å². The number of para-hydroxylation sites is 1. The summed E-state index contributed by atoms with van der Waals surface area (Å²) < 4.78 is 0. The minimum atomic E-state index is -0.449. The van der Waals surface area contributed by atoms with Gasteiger partial charge in [-0.15, -0.1) is 11.8 Å². The molecular weight excluding hydrogens is 414 g/mol. The third-order valence-corrected chi connectivity index (χ3v) is 7.18. The third-order valence-electron chi connectivity index (χ3n) is 4.66. The molecule has 2 aliphatic rings. The van der Waals surface area contributed by atoms with Crippen molar-refractivity contribution in [2.24, 2.45) is 0 Å². The summed E-state index contributed by atoms with van der Waals surface area (Å²) in [7, 11) is 0. The summed E-state index contributed by atoms with van der Waals surface area (Å²) in [6, 6.07) is 13.2. The van der Waals surface area contributed by atoms with Crippen LogP contribution in [-0.4, -0.2) is 41.7 Å². The number of hydrogen-bond acceptors (Lipinski definition) is 5. The fourth-order valence-corrected chi connectivity index (χ4v) is 5.57. The monoisotopic (exact) mass is 433 g/mol. The van der Waals surface area contributed by atoms with Crippen LogP contribution in [0.1, 0.15) is 6.42 Å². The van der Waals surface area contributed by atoms with Crippen LogP contribution in [0, 0.1) is 0 Å². The maximum atomic E-state index is 12.5. The molecule has 2 heterocycles. The predicted octanol–water partition coefficient (Wildman–Crippen LogP) is 4.33. The minimum Gasteiger partial charge on any atom is -0.369 e. The molecule has 1 fully saturated rings. The van der Waals surface area contributed by atoms with Crippen LogP contribution in [0.2, 0.25) is 5.02 Å². The molecule has 0 bridgehead atoms. The molecule has 146 valence electrons. The number of halogens is 1. The molecule has 1 atom stereocenters. The Kier molecular flexibility index (Phi) is 6.04. The average molecular weight is 434 g/mol. The molecule has 4 rings (SSSR count). The second-order valence-corrected chi connectivity index (χ2v) is 9.49. The first-order valence-electron chi connectivity index (χ1n) is 9.09. The molecular formula is C20H20ClN3O2S2. The van der Waals surface area contributed by atoms with Crippen LogP contribution in [0.3, 0.4) is 0 Å². The zero-order valence-electron chi connectivity index (χ0n) is 15.1. The van der Waals surface area contributed by atoms with Gasteiger partial charge in [-0.3, -0.25) is 9.59 Å². The molecule has 2 N–H and O–H groups in total. The molecule has 2 amide bonds. The summed E-state index contributed by atoms with van der Waals surface area (Å²) in [5.74, 6) is 1.85. The Balaban J connectivity index is 1.38. The Morgan fingerprint density at radius 3 is 2.79 bits per heavy atom. The molecule has 0 aliphatic carbocycles. The first kappa shape index (κ1) is 19.5. The zero-order chi connectivity index (χ0) is 19.5. The lowest BCUT2D eigenvalue weighted by Crippen LogP contribution is -2.33. The maximum Gasteiger partial charge on any atom is 0.238 e. The number of carbonyl (C=O) groups is 2. The minimum absolute atomic E-state index is 0.105. The van der Waals surface area contributed by atoms with Gasteiger partial charge in [-0.2, -0.15) is 11.8 Å². The molecule has 0 spiro atoms. The number of thioether (sulfide) groups is 2. The number of nitrogens with one attached hydrogen (secondary N) is 2. The molecule has 0 aromatic heterocycles. The normalized spacial score (nSPS) is 19.0. The lowest BCUT2D eigenvalue weighted by atomic mass is 10.2. The summed E-state index contributed by atoms with van der Waals surface area (Å²) in [6.45, 7) is 1.96. The van der Waals surface area contributed by atoms with Crippen LogP contribution >= 0.6 is 35.1 Å². The van der Waals surface area contributed by atoms with Crippen molar-refractivity contribution in [1.82, 2.24) is 0 Å². The van der Waals surface area contributed by atoms with E-state index < -0.39 is 5.25 Å². The van der Waals surface area contributed by atoms with Gasteiger partial charge in [0.25, 0.3) is 0 Å². The number of rotatable bonds is 4. The van der Waals surface area contributed by atoms with Crippen LogP contribution in [-0.2, 0) is 9.59 Å². The molecule has 0 radical (unpaired) electrons. The third kappa shape index (κ3) is 4.42. The van der Waals surface area contributed by atoms with Gasteiger partial charge < -0.3 is 15.5 Å². The van der Waals surface area contributed by atoms with E-state index in [1.54, 1.807) is 6.07 Å². The highest BCUT2D eigenvalue weighted by Crippen LogP contribution is 2.37. The molecule has 2 aromatic rings. The number of anilines is 3. The highest BCUT2D eigenvalue weighted by atomic mass is 35.5. The molecule has 0 saturated carbocycles. The molecule has 2 aliphatic heterocycles. The summed E-state index contributed by atoms with van der Waals surface area (Å²) >= 11 is 9.82. The Morgan fingerprint density at radius 1 is 1.21 bits per heavy atom. The van der Waals surface area contributed by atoms with Crippen LogP contribution in [0.15, 0.2) is 47.4 Å². The number of carbonyl (C=O) groups excluding carboxylic acids is 2. The molecule has 28 heavy (non-hydrogen) atoms.